The standard InChI is InChI=1S/C28H48N2O4Si/c1-6-11-12-13-14-15-18-21-25(34-35(8-3,9-4)10-5)24-27(31)26(30-29)22-19-16-17-20-23-28(32)33-7-2/h14-16,18-19,21,25H,6-13,17,20,22-24H2,1-5H3/b15-14+,19-16-,21-18+. The minimum Gasteiger partial charge on any atom is -0.466 e. The molecule has 35 heavy (non-hydrogen) atoms. The molecule has 0 aliphatic rings. The number of allylic oxidation sites excluding steroid dienone is 5. The molecule has 0 saturated heterocycles. The molecule has 0 aliphatic heterocycles. The smallest absolute Gasteiger partial charge is 0.338 e. The average Bonchev–Trinajstić information content (AvgIpc) is 2.86. The van der Waals surface area contributed by atoms with Gasteiger partial charge >= 0.3 is 11.7 Å². The Bertz CT molecular complexity index is 727. The zero-order valence-electron chi connectivity index (χ0n) is 22.8. The predicted molar refractivity (Wildman–Crippen MR) is 147 cm³/mol. The summed E-state index contributed by atoms with van der Waals surface area (Å²) in [5.41, 5.74) is 9.57. The number of carbonyl (C=O) groups is 2. The SMILES string of the molecule is CCCCC/C=C/C=C/C(CC(=O)C(C/C=C\CCCC(=O)OCC)=[N+]=[N-])O[Si](CC)(CC)CC. The molecule has 0 heterocycles. The molecule has 0 amide bonds. The number of carbonyl (C=O) groups excluding carboxylic acids is 2. The lowest BCUT2D eigenvalue weighted by molar-refractivity contribution is -0.143. The number of Topliss-reactive ketones (excluding diaryl/α,β-unsaturated/α-hetero) is 1. The second kappa shape index (κ2) is 21.2. The third-order valence-corrected chi connectivity index (χ3v) is 10.9. The first-order valence-corrected chi connectivity index (χ1v) is 16.0. The number of nitrogens with zero attached hydrogens (tertiary/aromatic N) is 2. The van der Waals surface area contributed by atoms with Gasteiger partial charge in [-0.1, -0.05) is 77.0 Å². The second-order valence-corrected chi connectivity index (χ2v) is 13.5. The highest BCUT2D eigenvalue weighted by Crippen LogP contribution is 2.25. The van der Waals surface area contributed by atoms with Crippen molar-refractivity contribution in [3.63, 3.8) is 0 Å². The fraction of sp³-hybridized carbons (Fsp3) is 0.679. The number of unbranched alkanes of at least 4 members (excludes halogenated alkanes) is 4. The number of rotatable bonds is 21. The average molecular weight is 505 g/mol. The van der Waals surface area contributed by atoms with Gasteiger partial charge in [0.25, 0.3) is 0 Å². The molecule has 0 aromatic rings. The van der Waals surface area contributed by atoms with Gasteiger partial charge in [0.15, 0.2) is 8.32 Å². The molecule has 0 rings (SSSR count). The van der Waals surface area contributed by atoms with Crippen LogP contribution in [0.25, 0.3) is 5.53 Å². The van der Waals surface area contributed by atoms with Gasteiger partial charge in [0, 0.05) is 12.8 Å². The van der Waals surface area contributed by atoms with Crippen molar-refractivity contribution in [1.29, 1.82) is 0 Å². The van der Waals surface area contributed by atoms with Crippen LogP contribution in [-0.2, 0) is 18.8 Å². The van der Waals surface area contributed by atoms with Gasteiger partial charge in [-0.25, -0.2) is 0 Å². The summed E-state index contributed by atoms with van der Waals surface area (Å²) in [5.74, 6) is -0.411. The highest BCUT2D eigenvalue weighted by atomic mass is 28.4. The van der Waals surface area contributed by atoms with E-state index in [0.29, 0.717) is 25.9 Å². The maximum Gasteiger partial charge on any atom is 0.338 e. The van der Waals surface area contributed by atoms with Crippen molar-refractivity contribution in [3.8, 4) is 0 Å². The normalized spacial score (nSPS) is 12.9. The first-order valence-electron chi connectivity index (χ1n) is 13.5. The summed E-state index contributed by atoms with van der Waals surface area (Å²) < 4.78 is 11.5. The van der Waals surface area contributed by atoms with E-state index >= 15 is 0 Å². The number of esters is 1. The molecular weight excluding hydrogens is 456 g/mol. The lowest BCUT2D eigenvalue weighted by Crippen LogP contribution is -2.40. The number of hydrogen-bond donors (Lipinski definition) is 0. The Morgan fingerprint density at radius 1 is 0.914 bits per heavy atom. The highest BCUT2D eigenvalue weighted by molar-refractivity contribution is 6.73. The maximum atomic E-state index is 12.9. The van der Waals surface area contributed by atoms with Crippen LogP contribution in [0.5, 0.6) is 0 Å². The van der Waals surface area contributed by atoms with E-state index in [1.54, 1.807) is 6.92 Å². The van der Waals surface area contributed by atoms with Crippen molar-refractivity contribution in [2.45, 2.75) is 117 Å². The van der Waals surface area contributed by atoms with Crippen molar-refractivity contribution in [2.75, 3.05) is 6.61 Å². The van der Waals surface area contributed by atoms with Gasteiger partial charge in [-0.05, 0) is 50.7 Å². The maximum absolute atomic E-state index is 12.9. The zero-order valence-corrected chi connectivity index (χ0v) is 23.8. The molecule has 0 spiro atoms. The van der Waals surface area contributed by atoms with Crippen LogP contribution in [0.1, 0.15) is 92.4 Å². The lowest BCUT2D eigenvalue weighted by Gasteiger charge is -2.31. The van der Waals surface area contributed by atoms with Gasteiger partial charge in [0.2, 0.25) is 5.78 Å². The topological polar surface area (TPSA) is 89.0 Å². The van der Waals surface area contributed by atoms with E-state index in [0.717, 1.165) is 24.6 Å². The van der Waals surface area contributed by atoms with Crippen molar-refractivity contribution < 1.29 is 23.5 Å². The van der Waals surface area contributed by atoms with Gasteiger partial charge in [-0.15, -0.1) is 0 Å². The number of ketones is 1. The fourth-order valence-electron chi connectivity index (χ4n) is 3.77. The second-order valence-electron chi connectivity index (χ2n) is 8.76. The summed E-state index contributed by atoms with van der Waals surface area (Å²) in [7, 11) is -1.92. The third-order valence-electron chi connectivity index (χ3n) is 6.25. The Kier molecular flexibility index (Phi) is 20.0. The molecule has 1 atom stereocenters. The Balaban J connectivity index is 5.06. The van der Waals surface area contributed by atoms with E-state index in [1.165, 1.54) is 19.3 Å². The van der Waals surface area contributed by atoms with E-state index in [9.17, 15) is 15.1 Å². The molecule has 0 bridgehead atoms. The van der Waals surface area contributed by atoms with Crippen LogP contribution in [0, 0.1) is 0 Å². The van der Waals surface area contributed by atoms with Crippen LogP contribution in [0.2, 0.25) is 18.1 Å². The molecule has 0 saturated carbocycles. The fourth-order valence-corrected chi connectivity index (χ4v) is 6.57. The summed E-state index contributed by atoms with van der Waals surface area (Å²) in [6.07, 6.45) is 18.3. The molecular formula is C28H48N2O4Si. The van der Waals surface area contributed by atoms with Gasteiger partial charge < -0.3 is 14.7 Å². The molecule has 198 valence electrons. The molecule has 0 radical (unpaired) electrons. The molecule has 0 fully saturated rings. The van der Waals surface area contributed by atoms with Crippen molar-refractivity contribution in [3.05, 3.63) is 42.0 Å². The van der Waals surface area contributed by atoms with Crippen molar-refractivity contribution >= 4 is 25.8 Å². The van der Waals surface area contributed by atoms with Crippen molar-refractivity contribution in [1.82, 2.24) is 0 Å². The van der Waals surface area contributed by atoms with E-state index in [2.05, 4.69) is 38.6 Å². The van der Waals surface area contributed by atoms with E-state index in [-0.39, 0.29) is 36.4 Å². The quantitative estimate of drug-likeness (QED) is 0.0238. The van der Waals surface area contributed by atoms with Crippen molar-refractivity contribution in [2.24, 2.45) is 0 Å². The van der Waals surface area contributed by atoms with Crippen LogP contribution >= 0.6 is 0 Å². The van der Waals surface area contributed by atoms with Gasteiger partial charge in [0.05, 0.1) is 19.1 Å². The van der Waals surface area contributed by atoms with Gasteiger partial charge in [0.1, 0.15) is 0 Å². The van der Waals surface area contributed by atoms with Crippen LogP contribution < -0.4 is 0 Å². The molecule has 0 aliphatic carbocycles. The van der Waals surface area contributed by atoms with Crippen LogP contribution in [0.3, 0.4) is 0 Å². The summed E-state index contributed by atoms with van der Waals surface area (Å²) in [4.78, 5) is 27.6. The number of hydrogen-bond acceptors (Lipinski definition) is 4. The Hall–Kier alpha value is -2.08. The van der Waals surface area contributed by atoms with Gasteiger partial charge in [-0.2, -0.15) is 4.79 Å². The summed E-state index contributed by atoms with van der Waals surface area (Å²) in [5, 5.41) is 0. The van der Waals surface area contributed by atoms with Crippen LogP contribution in [0.15, 0.2) is 36.5 Å². The van der Waals surface area contributed by atoms with Crippen LogP contribution in [-0.4, -0.2) is 43.3 Å². The predicted octanol–water partition coefficient (Wildman–Crippen LogP) is 7.38. The molecule has 7 heteroatoms. The monoisotopic (exact) mass is 504 g/mol. The molecule has 1 unspecified atom stereocenters. The molecule has 0 N–H and O–H groups in total. The minimum atomic E-state index is -1.92. The Labute approximate surface area is 214 Å². The minimum absolute atomic E-state index is 0.125. The van der Waals surface area contributed by atoms with E-state index < -0.39 is 8.32 Å². The number of ether oxygens (including phenoxy) is 1. The summed E-state index contributed by atoms with van der Waals surface area (Å²) in [6, 6.07) is 3.00. The Morgan fingerprint density at radius 2 is 1.60 bits per heavy atom. The van der Waals surface area contributed by atoms with Crippen LogP contribution in [0.4, 0.5) is 0 Å². The molecule has 0 aromatic heterocycles. The molecule has 0 aromatic carbocycles. The Morgan fingerprint density at radius 3 is 2.20 bits per heavy atom. The highest BCUT2D eigenvalue weighted by Gasteiger charge is 2.33. The summed E-state index contributed by atoms with van der Waals surface area (Å²) >= 11 is 0. The van der Waals surface area contributed by atoms with E-state index in [1.807, 2.05) is 30.4 Å². The third kappa shape index (κ3) is 15.5. The largest absolute Gasteiger partial charge is 0.466 e. The zero-order chi connectivity index (χ0) is 26.4. The summed E-state index contributed by atoms with van der Waals surface area (Å²) in [6.45, 7) is 10.9. The van der Waals surface area contributed by atoms with E-state index in [4.69, 9.17) is 9.16 Å². The molecule has 6 nitrogen and oxygen atoms in total. The first-order chi connectivity index (χ1) is 16.9. The first kappa shape index (κ1) is 32.9. The lowest BCUT2D eigenvalue weighted by atomic mass is 10.1. The van der Waals surface area contributed by atoms with Gasteiger partial charge in [-0.3, -0.25) is 9.59 Å².